The number of anilines is 1. The van der Waals surface area contributed by atoms with E-state index in [-0.39, 0.29) is 5.91 Å². The molecule has 5 heteroatoms. The first-order chi connectivity index (χ1) is 12.6. The maximum atomic E-state index is 12.3. The molecule has 1 aromatic heterocycles. The Labute approximate surface area is 157 Å². The van der Waals surface area contributed by atoms with Crippen molar-refractivity contribution in [3.63, 3.8) is 0 Å². The molecule has 26 heavy (non-hydrogen) atoms. The summed E-state index contributed by atoms with van der Waals surface area (Å²) in [5.74, 6) is 1.12. The van der Waals surface area contributed by atoms with Crippen LogP contribution in [0.3, 0.4) is 0 Å². The highest BCUT2D eigenvalue weighted by molar-refractivity contribution is 6.31. The number of carbonyl (C=O) groups is 1. The number of amides is 1. The smallest absolute Gasteiger partial charge is 0.224 e. The fraction of sp³-hybridized carbons (Fsp3) is 0.143. The highest BCUT2D eigenvalue weighted by atomic mass is 35.5. The predicted octanol–water partition coefficient (Wildman–Crippen LogP) is 5.41. The number of aryl methyl sites for hydroxylation is 2. The van der Waals surface area contributed by atoms with E-state index in [2.05, 4.69) is 10.3 Å². The van der Waals surface area contributed by atoms with Gasteiger partial charge in [0.15, 0.2) is 5.75 Å². The second kappa shape index (κ2) is 8.50. The minimum absolute atomic E-state index is 0.119. The number of hydrogen-bond acceptors (Lipinski definition) is 3. The third-order valence-corrected chi connectivity index (χ3v) is 4.03. The minimum atomic E-state index is -0.119. The van der Waals surface area contributed by atoms with E-state index >= 15 is 0 Å². The van der Waals surface area contributed by atoms with E-state index in [9.17, 15) is 4.79 Å². The monoisotopic (exact) mass is 366 g/mol. The van der Waals surface area contributed by atoms with Gasteiger partial charge in [0.1, 0.15) is 5.75 Å². The van der Waals surface area contributed by atoms with E-state index < -0.39 is 0 Å². The van der Waals surface area contributed by atoms with Crippen LogP contribution >= 0.6 is 11.6 Å². The van der Waals surface area contributed by atoms with Crippen molar-refractivity contribution in [3.8, 4) is 11.5 Å². The molecule has 132 valence electrons. The number of hydrogen-bond donors (Lipinski definition) is 1. The fourth-order valence-corrected chi connectivity index (χ4v) is 2.59. The van der Waals surface area contributed by atoms with Gasteiger partial charge in [-0.1, -0.05) is 35.4 Å². The first kappa shape index (κ1) is 18.0. The summed E-state index contributed by atoms with van der Waals surface area (Å²) in [5.41, 5.74) is 2.57. The summed E-state index contributed by atoms with van der Waals surface area (Å²) in [6.07, 6.45) is 2.62. The van der Waals surface area contributed by atoms with Crippen LogP contribution in [-0.4, -0.2) is 10.9 Å². The number of nitrogens with zero attached hydrogens (tertiary/aromatic N) is 1. The van der Waals surface area contributed by atoms with Crippen LogP contribution in [0.4, 0.5) is 5.69 Å². The Kier molecular flexibility index (Phi) is 5.87. The molecule has 0 aliphatic rings. The molecular weight excluding hydrogens is 348 g/mol. The summed E-state index contributed by atoms with van der Waals surface area (Å²) >= 11 is 6.08. The van der Waals surface area contributed by atoms with Crippen molar-refractivity contribution >= 4 is 23.2 Å². The summed E-state index contributed by atoms with van der Waals surface area (Å²) in [5, 5.41) is 3.41. The number of rotatable bonds is 6. The van der Waals surface area contributed by atoms with Crippen molar-refractivity contribution in [3.05, 3.63) is 83.1 Å². The Bertz CT molecular complexity index is 880. The molecule has 3 rings (SSSR count). The summed E-state index contributed by atoms with van der Waals surface area (Å²) in [4.78, 5) is 16.5. The van der Waals surface area contributed by atoms with Crippen molar-refractivity contribution in [1.82, 2.24) is 4.98 Å². The van der Waals surface area contributed by atoms with Crippen LogP contribution in [-0.2, 0) is 11.2 Å². The van der Waals surface area contributed by atoms with Gasteiger partial charge < -0.3 is 10.1 Å². The predicted molar refractivity (Wildman–Crippen MR) is 104 cm³/mol. The van der Waals surface area contributed by atoms with Crippen LogP contribution in [0.1, 0.15) is 17.7 Å². The summed E-state index contributed by atoms with van der Waals surface area (Å²) in [6.45, 7) is 2.01. The Morgan fingerprint density at radius 1 is 1.12 bits per heavy atom. The van der Waals surface area contributed by atoms with Gasteiger partial charge in [-0.05, 0) is 55.8 Å². The van der Waals surface area contributed by atoms with Crippen molar-refractivity contribution in [2.45, 2.75) is 19.8 Å². The maximum absolute atomic E-state index is 12.3. The van der Waals surface area contributed by atoms with Gasteiger partial charge in [-0.3, -0.25) is 9.78 Å². The molecule has 1 heterocycles. The molecule has 0 atom stereocenters. The molecule has 0 aliphatic carbocycles. The average molecular weight is 367 g/mol. The normalized spacial score (nSPS) is 10.4. The maximum Gasteiger partial charge on any atom is 0.224 e. The zero-order valence-electron chi connectivity index (χ0n) is 14.4. The molecule has 4 nitrogen and oxygen atoms in total. The molecule has 1 N–H and O–H groups in total. The van der Waals surface area contributed by atoms with Crippen LogP contribution in [0.5, 0.6) is 11.5 Å². The molecule has 0 spiro atoms. The number of carbonyl (C=O) groups excluding carboxylic acids is 1. The van der Waals surface area contributed by atoms with Crippen molar-refractivity contribution in [2.75, 3.05) is 5.32 Å². The van der Waals surface area contributed by atoms with Gasteiger partial charge in [0.2, 0.25) is 5.91 Å². The van der Waals surface area contributed by atoms with Gasteiger partial charge in [-0.25, -0.2) is 0 Å². The zero-order valence-corrected chi connectivity index (χ0v) is 15.2. The lowest BCUT2D eigenvalue weighted by molar-refractivity contribution is -0.116. The van der Waals surface area contributed by atoms with Crippen LogP contribution in [0, 0.1) is 6.92 Å². The SMILES string of the molecule is Cc1ccc(Oc2ccc(Cl)cc2NC(=O)CCc2ccccn2)cc1. The number of halogens is 1. The number of benzene rings is 2. The van der Waals surface area contributed by atoms with E-state index in [1.165, 1.54) is 0 Å². The van der Waals surface area contributed by atoms with Gasteiger partial charge in [0, 0.05) is 23.3 Å². The highest BCUT2D eigenvalue weighted by Crippen LogP contribution is 2.32. The van der Waals surface area contributed by atoms with Crippen molar-refractivity contribution < 1.29 is 9.53 Å². The Morgan fingerprint density at radius 2 is 1.92 bits per heavy atom. The van der Waals surface area contributed by atoms with Gasteiger partial charge in [-0.15, -0.1) is 0 Å². The summed E-state index contributed by atoms with van der Waals surface area (Å²) < 4.78 is 5.90. The number of ether oxygens (including phenoxy) is 1. The van der Waals surface area contributed by atoms with Gasteiger partial charge in [-0.2, -0.15) is 0 Å². The van der Waals surface area contributed by atoms with Gasteiger partial charge in [0.05, 0.1) is 5.69 Å². The molecule has 0 unspecified atom stereocenters. The van der Waals surface area contributed by atoms with Crippen molar-refractivity contribution in [2.24, 2.45) is 0 Å². The van der Waals surface area contributed by atoms with Gasteiger partial charge >= 0.3 is 0 Å². The first-order valence-electron chi connectivity index (χ1n) is 8.34. The van der Waals surface area contributed by atoms with Gasteiger partial charge in [0.25, 0.3) is 0 Å². The third kappa shape index (κ3) is 5.07. The average Bonchev–Trinajstić information content (AvgIpc) is 2.65. The van der Waals surface area contributed by atoms with Crippen LogP contribution in [0.15, 0.2) is 66.9 Å². The molecule has 0 fully saturated rings. The van der Waals surface area contributed by atoms with E-state index in [1.807, 2.05) is 49.4 Å². The van der Waals surface area contributed by atoms with E-state index in [1.54, 1.807) is 24.4 Å². The van der Waals surface area contributed by atoms with Crippen LogP contribution in [0.25, 0.3) is 0 Å². The summed E-state index contributed by atoms with van der Waals surface area (Å²) in [6, 6.07) is 18.5. The molecule has 1 amide bonds. The third-order valence-electron chi connectivity index (χ3n) is 3.80. The quantitative estimate of drug-likeness (QED) is 0.634. The molecule has 3 aromatic rings. The molecule has 0 saturated heterocycles. The Hall–Kier alpha value is -2.85. The molecular formula is C21H19ClN2O2. The lowest BCUT2D eigenvalue weighted by atomic mass is 10.2. The lowest BCUT2D eigenvalue weighted by Gasteiger charge is -2.13. The highest BCUT2D eigenvalue weighted by Gasteiger charge is 2.10. The van der Waals surface area contributed by atoms with Crippen LogP contribution in [0.2, 0.25) is 5.02 Å². The number of nitrogens with one attached hydrogen (secondary N) is 1. The second-order valence-corrected chi connectivity index (χ2v) is 6.36. The minimum Gasteiger partial charge on any atom is -0.455 e. The van der Waals surface area contributed by atoms with E-state index in [0.717, 1.165) is 11.3 Å². The van der Waals surface area contributed by atoms with E-state index in [4.69, 9.17) is 16.3 Å². The first-order valence-corrected chi connectivity index (χ1v) is 8.72. The lowest BCUT2D eigenvalue weighted by Crippen LogP contribution is -2.13. The second-order valence-electron chi connectivity index (χ2n) is 5.92. The van der Waals surface area contributed by atoms with E-state index in [0.29, 0.717) is 35.1 Å². The Balaban J connectivity index is 1.69. The van der Waals surface area contributed by atoms with Crippen LogP contribution < -0.4 is 10.1 Å². The molecule has 0 aliphatic heterocycles. The largest absolute Gasteiger partial charge is 0.455 e. The molecule has 2 aromatic carbocycles. The zero-order chi connectivity index (χ0) is 18.4. The molecule has 0 saturated carbocycles. The fourth-order valence-electron chi connectivity index (χ4n) is 2.42. The topological polar surface area (TPSA) is 51.2 Å². The summed E-state index contributed by atoms with van der Waals surface area (Å²) in [7, 11) is 0. The molecule has 0 bridgehead atoms. The standard InChI is InChI=1S/C21H19ClN2O2/c1-15-5-9-18(10-6-15)26-20-11-7-16(22)14-19(20)24-21(25)12-8-17-4-2-3-13-23-17/h2-7,9-11,13-14H,8,12H2,1H3,(H,24,25). The Morgan fingerprint density at radius 3 is 2.65 bits per heavy atom. The molecule has 0 radical (unpaired) electrons. The number of pyridine rings is 1. The van der Waals surface area contributed by atoms with Crippen molar-refractivity contribution in [1.29, 1.82) is 0 Å². The number of aromatic nitrogens is 1.